The maximum atomic E-state index is 13.8. The lowest BCUT2D eigenvalue weighted by molar-refractivity contribution is -0.200. The topological polar surface area (TPSA) is 56.3 Å². The molecule has 1 spiro atoms. The first-order chi connectivity index (χ1) is 15.6. The number of amides is 1. The van der Waals surface area contributed by atoms with Crippen molar-refractivity contribution in [3.05, 3.63) is 71.5 Å². The maximum absolute atomic E-state index is 13.8. The molecule has 6 nitrogen and oxygen atoms in total. The van der Waals surface area contributed by atoms with Gasteiger partial charge in [0.15, 0.2) is 0 Å². The highest BCUT2D eigenvalue weighted by Crippen LogP contribution is 2.54. The predicted molar refractivity (Wildman–Crippen MR) is 119 cm³/mol. The summed E-state index contributed by atoms with van der Waals surface area (Å²) in [6.07, 6.45) is 0. The summed E-state index contributed by atoms with van der Waals surface area (Å²) in [5.41, 5.74) is 1.83. The summed E-state index contributed by atoms with van der Waals surface area (Å²) in [6.45, 7) is 5.17. The van der Waals surface area contributed by atoms with Crippen LogP contribution in [0.3, 0.4) is 0 Å². The fourth-order valence-corrected chi connectivity index (χ4v) is 5.69. The molecule has 0 saturated carbocycles. The molecule has 0 radical (unpaired) electrons. The van der Waals surface area contributed by atoms with Crippen LogP contribution >= 0.6 is 0 Å². The number of halogens is 1. The van der Waals surface area contributed by atoms with E-state index in [1.807, 2.05) is 29.2 Å². The number of ether oxygens (including phenoxy) is 1. The molecule has 3 fully saturated rings. The van der Waals surface area contributed by atoms with Gasteiger partial charge in [0.1, 0.15) is 5.82 Å². The molecule has 3 aliphatic rings. The highest BCUT2D eigenvalue weighted by atomic mass is 19.1. The smallest absolute Gasteiger partial charge is 0.236 e. The van der Waals surface area contributed by atoms with Crippen molar-refractivity contribution < 1.29 is 19.0 Å². The van der Waals surface area contributed by atoms with Crippen LogP contribution in [-0.4, -0.2) is 89.8 Å². The summed E-state index contributed by atoms with van der Waals surface area (Å²) >= 11 is 0. The number of aliphatic hydroxyl groups is 1. The third-order valence-electron chi connectivity index (χ3n) is 7.27. The van der Waals surface area contributed by atoms with E-state index in [0.29, 0.717) is 39.4 Å². The van der Waals surface area contributed by atoms with Crippen molar-refractivity contribution >= 4 is 5.91 Å². The first-order valence-corrected chi connectivity index (χ1v) is 11.4. The molecule has 3 heterocycles. The fraction of sp³-hybridized carbons (Fsp3) is 0.480. The van der Waals surface area contributed by atoms with E-state index in [1.165, 1.54) is 11.6 Å². The highest BCUT2D eigenvalue weighted by molar-refractivity contribution is 5.80. The Labute approximate surface area is 188 Å². The third kappa shape index (κ3) is 3.83. The minimum atomic E-state index is -0.256. The van der Waals surface area contributed by atoms with Crippen molar-refractivity contribution in [1.29, 1.82) is 0 Å². The minimum absolute atomic E-state index is 0.0261. The quantitative estimate of drug-likeness (QED) is 0.743. The fourth-order valence-electron chi connectivity index (χ4n) is 5.69. The third-order valence-corrected chi connectivity index (χ3v) is 7.27. The number of nitrogens with zero attached hydrogens (tertiary/aromatic N) is 3. The Morgan fingerprint density at radius 2 is 1.84 bits per heavy atom. The molecule has 5 rings (SSSR count). The largest absolute Gasteiger partial charge is 0.395 e. The summed E-state index contributed by atoms with van der Waals surface area (Å²) in [5.74, 6) is 0.0188. The van der Waals surface area contributed by atoms with Gasteiger partial charge in [-0.25, -0.2) is 4.39 Å². The van der Waals surface area contributed by atoms with Crippen LogP contribution in [0.25, 0.3) is 0 Å². The molecule has 1 amide bonds. The monoisotopic (exact) mass is 439 g/mol. The van der Waals surface area contributed by atoms with Gasteiger partial charge < -0.3 is 14.7 Å². The molecule has 170 valence electrons. The van der Waals surface area contributed by atoms with E-state index in [2.05, 4.69) is 21.9 Å². The Hall–Kier alpha value is -2.32. The number of carbonyl (C=O) groups is 1. The van der Waals surface area contributed by atoms with E-state index in [1.54, 1.807) is 12.1 Å². The summed E-state index contributed by atoms with van der Waals surface area (Å²) in [4.78, 5) is 19.3. The molecule has 3 saturated heterocycles. The Kier molecular flexibility index (Phi) is 5.99. The normalized spacial score (nSPS) is 25.4. The molecule has 1 N–H and O–H groups in total. The van der Waals surface area contributed by atoms with Gasteiger partial charge in [-0.1, -0.05) is 42.5 Å². The molecule has 2 aromatic rings. The minimum Gasteiger partial charge on any atom is -0.395 e. The number of carbonyl (C=O) groups excluding carboxylic acids is 1. The van der Waals surface area contributed by atoms with Crippen LogP contribution in [0.4, 0.5) is 4.39 Å². The van der Waals surface area contributed by atoms with Crippen molar-refractivity contribution in [2.24, 2.45) is 0 Å². The van der Waals surface area contributed by atoms with Gasteiger partial charge in [0.2, 0.25) is 5.91 Å². The molecular formula is C25H30FN3O3. The Bertz CT molecular complexity index is 944. The molecular weight excluding hydrogens is 409 g/mol. The second-order valence-corrected chi connectivity index (χ2v) is 9.14. The van der Waals surface area contributed by atoms with Crippen LogP contribution in [0.2, 0.25) is 0 Å². The number of morpholine rings is 1. The molecule has 0 unspecified atom stereocenters. The zero-order valence-corrected chi connectivity index (χ0v) is 18.2. The van der Waals surface area contributed by atoms with Crippen LogP contribution in [0.1, 0.15) is 17.0 Å². The van der Waals surface area contributed by atoms with Gasteiger partial charge >= 0.3 is 0 Å². The molecule has 2 aromatic carbocycles. The van der Waals surface area contributed by atoms with Crippen molar-refractivity contribution in [3.8, 4) is 0 Å². The van der Waals surface area contributed by atoms with Crippen LogP contribution in [0.5, 0.6) is 0 Å². The standard InChI is InChI=1S/C25H30FN3O3/c26-21-8-4-5-19(13-21)14-29-22(16-30)24(20-6-2-1-3-7-20)25(29)17-28(18-25)23(31)15-27-9-11-32-12-10-27/h1-8,13,22,24,30H,9-12,14-18H2/t22-,24+/m1/s1. The van der Waals surface area contributed by atoms with Crippen molar-refractivity contribution in [1.82, 2.24) is 14.7 Å². The molecule has 32 heavy (non-hydrogen) atoms. The Morgan fingerprint density at radius 3 is 2.53 bits per heavy atom. The average Bonchev–Trinajstić information content (AvgIpc) is 2.77. The maximum Gasteiger partial charge on any atom is 0.236 e. The van der Waals surface area contributed by atoms with E-state index in [0.717, 1.165) is 18.7 Å². The number of benzene rings is 2. The van der Waals surface area contributed by atoms with Crippen LogP contribution in [0.15, 0.2) is 54.6 Å². The predicted octanol–water partition coefficient (Wildman–Crippen LogP) is 1.70. The highest BCUT2D eigenvalue weighted by Gasteiger charge is 2.66. The molecule has 0 aliphatic carbocycles. The van der Waals surface area contributed by atoms with Crippen LogP contribution in [-0.2, 0) is 16.1 Å². The van der Waals surface area contributed by atoms with E-state index in [4.69, 9.17) is 4.74 Å². The van der Waals surface area contributed by atoms with Gasteiger partial charge in [0.25, 0.3) is 0 Å². The molecule has 0 aromatic heterocycles. The average molecular weight is 440 g/mol. The molecule has 0 bridgehead atoms. The van der Waals surface area contributed by atoms with E-state index in [-0.39, 0.29) is 35.8 Å². The number of rotatable bonds is 6. The van der Waals surface area contributed by atoms with Crippen LogP contribution in [0, 0.1) is 5.82 Å². The molecule has 2 atom stereocenters. The van der Waals surface area contributed by atoms with Crippen molar-refractivity contribution in [3.63, 3.8) is 0 Å². The van der Waals surface area contributed by atoms with E-state index >= 15 is 0 Å². The lowest BCUT2D eigenvalue weighted by Crippen LogP contribution is -2.84. The van der Waals surface area contributed by atoms with Gasteiger partial charge in [-0.05, 0) is 23.3 Å². The Balaban J connectivity index is 1.35. The van der Waals surface area contributed by atoms with Gasteiger partial charge in [0.05, 0.1) is 31.9 Å². The van der Waals surface area contributed by atoms with Gasteiger partial charge in [-0.3, -0.25) is 14.6 Å². The Morgan fingerprint density at radius 1 is 1.09 bits per heavy atom. The zero-order valence-electron chi connectivity index (χ0n) is 18.2. The summed E-state index contributed by atoms with van der Waals surface area (Å²) in [7, 11) is 0. The summed E-state index contributed by atoms with van der Waals surface area (Å²) < 4.78 is 19.2. The van der Waals surface area contributed by atoms with Crippen molar-refractivity contribution in [2.45, 2.75) is 24.0 Å². The van der Waals surface area contributed by atoms with Crippen LogP contribution < -0.4 is 0 Å². The van der Waals surface area contributed by atoms with E-state index in [9.17, 15) is 14.3 Å². The first-order valence-electron chi connectivity index (χ1n) is 11.4. The second-order valence-electron chi connectivity index (χ2n) is 9.14. The SMILES string of the molecule is O=C(CN1CCOCC1)N1CC2(C1)[C@@H](c1ccccc1)[C@@H](CO)N2Cc1cccc(F)c1. The van der Waals surface area contributed by atoms with Gasteiger partial charge in [-0.2, -0.15) is 0 Å². The lowest BCUT2D eigenvalue weighted by Gasteiger charge is -2.71. The first kappa shape index (κ1) is 21.5. The molecule has 3 aliphatic heterocycles. The summed E-state index contributed by atoms with van der Waals surface area (Å²) in [6, 6.07) is 16.8. The van der Waals surface area contributed by atoms with Crippen molar-refractivity contribution in [2.75, 3.05) is 52.5 Å². The second kappa shape index (κ2) is 8.90. The summed E-state index contributed by atoms with van der Waals surface area (Å²) in [5, 5.41) is 10.2. The number of aliphatic hydroxyl groups excluding tert-OH is 1. The van der Waals surface area contributed by atoms with Gasteiger partial charge in [0, 0.05) is 44.7 Å². The van der Waals surface area contributed by atoms with Gasteiger partial charge in [-0.15, -0.1) is 0 Å². The number of likely N-dealkylation sites (tertiary alicyclic amines) is 2. The zero-order chi connectivity index (χ0) is 22.1. The lowest BCUT2D eigenvalue weighted by atomic mass is 9.60. The van der Waals surface area contributed by atoms with E-state index < -0.39 is 0 Å². The number of hydrogen-bond donors (Lipinski definition) is 1. The molecule has 7 heteroatoms. The number of hydrogen-bond acceptors (Lipinski definition) is 5.